The summed E-state index contributed by atoms with van der Waals surface area (Å²) in [5, 5.41) is 0. The number of aromatic nitrogens is 2. The molecule has 1 aromatic carbocycles. The summed E-state index contributed by atoms with van der Waals surface area (Å²) >= 11 is 0. The molecule has 7 nitrogen and oxygen atoms in total. The van der Waals surface area contributed by atoms with Crippen molar-refractivity contribution in [3.63, 3.8) is 0 Å². The fourth-order valence-corrected chi connectivity index (χ4v) is 3.84. The highest BCUT2D eigenvalue weighted by Gasteiger charge is 2.40. The van der Waals surface area contributed by atoms with E-state index in [2.05, 4.69) is 24.0 Å². The minimum atomic E-state index is -0.405. The van der Waals surface area contributed by atoms with E-state index in [4.69, 9.17) is 19.2 Å². The van der Waals surface area contributed by atoms with Crippen LogP contribution in [0.25, 0.3) is 0 Å². The standard InChI is InChI=1S/C25H35N3O4/c1-16(2)31-20-10-8-19(9-11-20)17(3)14-22-26-13-12-23(27-22)28-21(15-30-24(28)29)18(4)32-25(5,6)7/h8-13,16-18,21H,14-15H2,1-7H3/t17-,18-,21-/m1/s1. The number of anilines is 1. The first kappa shape index (κ1) is 24.0. The van der Waals surface area contributed by atoms with Crippen molar-refractivity contribution in [1.82, 2.24) is 9.97 Å². The van der Waals surface area contributed by atoms with Crippen LogP contribution in [0.2, 0.25) is 0 Å². The first-order valence-corrected chi connectivity index (χ1v) is 11.3. The third-order valence-electron chi connectivity index (χ3n) is 5.23. The quantitative estimate of drug-likeness (QED) is 0.565. The zero-order valence-corrected chi connectivity index (χ0v) is 20.2. The van der Waals surface area contributed by atoms with Crippen LogP contribution in [0.5, 0.6) is 5.75 Å². The summed E-state index contributed by atoms with van der Waals surface area (Å²) in [4.78, 5) is 23.2. The normalized spacial score (nSPS) is 18.6. The number of hydrogen-bond acceptors (Lipinski definition) is 6. The molecule has 0 bridgehead atoms. The van der Waals surface area contributed by atoms with Gasteiger partial charge in [-0.2, -0.15) is 0 Å². The third kappa shape index (κ3) is 6.19. The lowest BCUT2D eigenvalue weighted by Crippen LogP contribution is -2.45. The fraction of sp³-hybridized carbons (Fsp3) is 0.560. The number of ether oxygens (including phenoxy) is 3. The van der Waals surface area contributed by atoms with Crippen LogP contribution in [0, 0.1) is 0 Å². The zero-order valence-electron chi connectivity index (χ0n) is 20.2. The third-order valence-corrected chi connectivity index (χ3v) is 5.23. The van der Waals surface area contributed by atoms with E-state index in [9.17, 15) is 4.79 Å². The van der Waals surface area contributed by atoms with Crippen LogP contribution in [0.3, 0.4) is 0 Å². The SMILES string of the molecule is CC(C)Oc1ccc([C@H](C)Cc2nccc(N3C(=O)OC[C@@H]3[C@@H](C)OC(C)(C)C)n2)cc1. The Balaban J connectivity index is 1.73. The van der Waals surface area contributed by atoms with Gasteiger partial charge in [0.2, 0.25) is 0 Å². The van der Waals surface area contributed by atoms with E-state index in [1.165, 1.54) is 5.56 Å². The van der Waals surface area contributed by atoms with Crippen LogP contribution in [0.1, 0.15) is 65.8 Å². The van der Waals surface area contributed by atoms with Gasteiger partial charge < -0.3 is 14.2 Å². The average molecular weight is 442 g/mol. The van der Waals surface area contributed by atoms with Crippen LogP contribution in [-0.4, -0.2) is 46.5 Å². The molecule has 0 radical (unpaired) electrons. The molecule has 1 aliphatic heterocycles. The predicted molar refractivity (Wildman–Crippen MR) is 124 cm³/mol. The van der Waals surface area contributed by atoms with Crippen LogP contribution < -0.4 is 9.64 Å². The summed E-state index contributed by atoms with van der Waals surface area (Å²) in [6, 6.07) is 9.64. The van der Waals surface area contributed by atoms with E-state index in [0.29, 0.717) is 18.1 Å². The molecule has 2 aromatic rings. The predicted octanol–water partition coefficient (Wildman–Crippen LogP) is 5.14. The van der Waals surface area contributed by atoms with Gasteiger partial charge in [-0.05, 0) is 71.2 Å². The molecule has 3 rings (SSSR count). The number of benzene rings is 1. The fourth-order valence-electron chi connectivity index (χ4n) is 3.84. The monoisotopic (exact) mass is 441 g/mol. The van der Waals surface area contributed by atoms with Gasteiger partial charge in [0.25, 0.3) is 0 Å². The van der Waals surface area contributed by atoms with Gasteiger partial charge in [0.15, 0.2) is 0 Å². The van der Waals surface area contributed by atoms with Gasteiger partial charge in [-0.25, -0.2) is 14.8 Å². The van der Waals surface area contributed by atoms with Gasteiger partial charge in [-0.15, -0.1) is 0 Å². The van der Waals surface area contributed by atoms with Crippen LogP contribution in [-0.2, 0) is 15.9 Å². The van der Waals surface area contributed by atoms with Crippen molar-refractivity contribution >= 4 is 11.9 Å². The van der Waals surface area contributed by atoms with Gasteiger partial charge in [0, 0.05) is 12.6 Å². The van der Waals surface area contributed by atoms with Crippen molar-refractivity contribution in [2.24, 2.45) is 0 Å². The molecule has 0 spiro atoms. The molecule has 1 aromatic heterocycles. The van der Waals surface area contributed by atoms with E-state index in [-0.39, 0.29) is 36.4 Å². The molecule has 0 saturated carbocycles. The molecule has 1 fully saturated rings. The molecular formula is C25H35N3O4. The number of cyclic esters (lactones) is 1. The molecular weight excluding hydrogens is 406 g/mol. The average Bonchev–Trinajstić information content (AvgIpc) is 3.08. The highest BCUT2D eigenvalue weighted by molar-refractivity contribution is 5.89. The Morgan fingerprint density at radius 3 is 2.44 bits per heavy atom. The summed E-state index contributed by atoms with van der Waals surface area (Å²) < 4.78 is 17.1. The number of amides is 1. The number of carbonyl (C=O) groups excluding carboxylic acids is 1. The Morgan fingerprint density at radius 2 is 1.81 bits per heavy atom. The van der Waals surface area contributed by atoms with Gasteiger partial charge in [0.05, 0.1) is 17.8 Å². The lowest BCUT2D eigenvalue weighted by atomic mass is 9.97. The molecule has 32 heavy (non-hydrogen) atoms. The number of rotatable bonds is 8. The second kappa shape index (κ2) is 9.86. The van der Waals surface area contributed by atoms with E-state index in [1.807, 2.05) is 53.7 Å². The lowest BCUT2D eigenvalue weighted by molar-refractivity contribution is -0.0618. The highest BCUT2D eigenvalue weighted by atomic mass is 16.6. The molecule has 1 aliphatic rings. The maximum atomic E-state index is 12.5. The largest absolute Gasteiger partial charge is 0.491 e. The van der Waals surface area contributed by atoms with Crippen molar-refractivity contribution < 1.29 is 19.0 Å². The van der Waals surface area contributed by atoms with Crippen LogP contribution in [0.15, 0.2) is 36.5 Å². The molecule has 0 N–H and O–H groups in total. The van der Waals surface area contributed by atoms with Gasteiger partial charge in [0.1, 0.15) is 30.0 Å². The molecule has 1 amide bonds. The van der Waals surface area contributed by atoms with Crippen molar-refractivity contribution in [3.05, 3.63) is 47.9 Å². The first-order valence-electron chi connectivity index (χ1n) is 11.3. The summed E-state index contributed by atoms with van der Waals surface area (Å²) in [7, 11) is 0. The summed E-state index contributed by atoms with van der Waals surface area (Å²) in [6.45, 7) is 14.4. The Labute approximate surface area is 191 Å². The Kier molecular flexibility index (Phi) is 7.39. The van der Waals surface area contributed by atoms with E-state index < -0.39 is 6.09 Å². The second-order valence-corrected chi connectivity index (χ2v) is 9.62. The minimum Gasteiger partial charge on any atom is -0.491 e. The smallest absolute Gasteiger partial charge is 0.416 e. The van der Waals surface area contributed by atoms with Crippen LogP contribution in [0.4, 0.5) is 10.6 Å². The lowest BCUT2D eigenvalue weighted by Gasteiger charge is -2.31. The molecule has 174 valence electrons. The molecule has 1 saturated heterocycles. The van der Waals surface area contributed by atoms with Crippen molar-refractivity contribution in [2.45, 2.75) is 84.7 Å². The second-order valence-electron chi connectivity index (χ2n) is 9.62. The Bertz CT molecular complexity index is 908. The van der Waals surface area contributed by atoms with Crippen molar-refractivity contribution in [3.8, 4) is 5.75 Å². The van der Waals surface area contributed by atoms with Gasteiger partial charge in [-0.1, -0.05) is 19.1 Å². The number of nitrogens with zero attached hydrogens (tertiary/aromatic N) is 3. The van der Waals surface area contributed by atoms with E-state index in [0.717, 1.165) is 5.75 Å². The maximum Gasteiger partial charge on any atom is 0.416 e. The summed E-state index contributed by atoms with van der Waals surface area (Å²) in [6.07, 6.45) is 1.89. The summed E-state index contributed by atoms with van der Waals surface area (Å²) in [5.74, 6) is 2.29. The molecule has 0 aliphatic carbocycles. The molecule has 3 atom stereocenters. The van der Waals surface area contributed by atoms with E-state index >= 15 is 0 Å². The van der Waals surface area contributed by atoms with E-state index in [1.54, 1.807) is 17.2 Å². The first-order chi connectivity index (χ1) is 15.0. The van der Waals surface area contributed by atoms with Gasteiger partial charge in [-0.3, -0.25) is 4.90 Å². The highest BCUT2D eigenvalue weighted by Crippen LogP contribution is 2.27. The zero-order chi connectivity index (χ0) is 23.5. The molecule has 2 heterocycles. The van der Waals surface area contributed by atoms with Crippen molar-refractivity contribution in [1.29, 1.82) is 0 Å². The minimum absolute atomic E-state index is 0.145. The van der Waals surface area contributed by atoms with Crippen molar-refractivity contribution in [2.75, 3.05) is 11.5 Å². The molecule has 0 unspecified atom stereocenters. The van der Waals surface area contributed by atoms with Crippen LogP contribution >= 0.6 is 0 Å². The summed E-state index contributed by atoms with van der Waals surface area (Å²) in [5.41, 5.74) is 0.861. The Morgan fingerprint density at radius 1 is 1.12 bits per heavy atom. The van der Waals surface area contributed by atoms with Gasteiger partial charge >= 0.3 is 6.09 Å². The maximum absolute atomic E-state index is 12.5. The Hall–Kier alpha value is -2.67. The molecule has 7 heteroatoms. The number of hydrogen-bond donors (Lipinski definition) is 0. The topological polar surface area (TPSA) is 73.8 Å². The number of carbonyl (C=O) groups is 1.